The van der Waals surface area contributed by atoms with Crippen molar-refractivity contribution in [3.05, 3.63) is 28.3 Å². The minimum Gasteiger partial charge on any atom is -0.198 e. The first-order valence-corrected chi connectivity index (χ1v) is 9.95. The Morgan fingerprint density at radius 1 is 1.19 bits per heavy atom. The fourth-order valence-corrected chi connectivity index (χ4v) is 4.32. The smallest absolute Gasteiger partial charge is 0.198 e. The normalized spacial score (nSPS) is 15.5. The molecule has 0 aliphatic heterocycles. The SMILES string of the molecule is Cc1c[c-](C[Si](C)(C)C)c2c1CCCC2.[Ti+2]. The van der Waals surface area contributed by atoms with E-state index in [4.69, 9.17) is 0 Å². The van der Waals surface area contributed by atoms with Gasteiger partial charge in [0.15, 0.2) is 0 Å². The third-order valence-corrected chi connectivity index (χ3v) is 4.88. The fourth-order valence-electron chi connectivity index (χ4n) is 2.86. The van der Waals surface area contributed by atoms with Crippen molar-refractivity contribution in [3.63, 3.8) is 0 Å². The molecule has 0 aromatic heterocycles. The first-order valence-electron chi connectivity index (χ1n) is 6.24. The summed E-state index contributed by atoms with van der Waals surface area (Å²) in [6, 6.07) is 3.86. The Balaban J connectivity index is 0.00000128. The van der Waals surface area contributed by atoms with Gasteiger partial charge in [0.1, 0.15) is 0 Å². The summed E-state index contributed by atoms with van der Waals surface area (Å²) < 4.78 is 0. The Morgan fingerprint density at radius 2 is 1.81 bits per heavy atom. The summed E-state index contributed by atoms with van der Waals surface area (Å²) in [6.07, 6.45) is 5.51. The van der Waals surface area contributed by atoms with Gasteiger partial charge in [-0.05, 0) is 0 Å². The van der Waals surface area contributed by atoms with E-state index in [-0.39, 0.29) is 21.7 Å². The number of aryl methyl sites for hydroxylation is 1. The minimum absolute atomic E-state index is 0. The number of hydrogen-bond acceptors (Lipinski definition) is 0. The van der Waals surface area contributed by atoms with Crippen LogP contribution >= 0.6 is 0 Å². The van der Waals surface area contributed by atoms with Gasteiger partial charge >= 0.3 is 21.7 Å². The van der Waals surface area contributed by atoms with Crippen molar-refractivity contribution in [2.24, 2.45) is 0 Å². The zero-order valence-corrected chi connectivity index (χ0v) is 13.7. The molecule has 0 fully saturated rings. The van der Waals surface area contributed by atoms with Crippen LogP contribution in [-0.2, 0) is 40.6 Å². The molecule has 0 radical (unpaired) electrons. The molecule has 0 saturated heterocycles. The Kier molecular flexibility index (Phi) is 4.74. The second-order valence-corrected chi connectivity index (χ2v) is 11.7. The van der Waals surface area contributed by atoms with E-state index >= 15 is 0 Å². The van der Waals surface area contributed by atoms with Gasteiger partial charge in [-0.2, -0.15) is 28.3 Å². The van der Waals surface area contributed by atoms with E-state index in [9.17, 15) is 0 Å². The largest absolute Gasteiger partial charge is 2.00 e. The average Bonchev–Trinajstić information content (AvgIpc) is 2.42. The molecular formula is C14H23SiTi+. The molecule has 0 atom stereocenters. The predicted octanol–water partition coefficient (Wildman–Crippen LogP) is 4.01. The maximum atomic E-state index is 2.48. The van der Waals surface area contributed by atoms with E-state index in [0.29, 0.717) is 0 Å². The van der Waals surface area contributed by atoms with Gasteiger partial charge in [-0.15, -0.1) is 0 Å². The third kappa shape index (κ3) is 3.15. The van der Waals surface area contributed by atoms with Crippen molar-refractivity contribution in [2.45, 2.75) is 58.3 Å². The molecule has 1 aliphatic rings. The minimum atomic E-state index is -0.944. The van der Waals surface area contributed by atoms with E-state index in [1.807, 2.05) is 0 Å². The van der Waals surface area contributed by atoms with E-state index in [1.165, 1.54) is 31.7 Å². The molecule has 1 aromatic carbocycles. The first kappa shape index (κ1) is 14.3. The molecule has 0 unspecified atom stereocenters. The van der Waals surface area contributed by atoms with Crippen LogP contribution in [0.25, 0.3) is 0 Å². The first-order chi connectivity index (χ1) is 6.97. The maximum absolute atomic E-state index is 2.48. The van der Waals surface area contributed by atoms with Crippen LogP contribution in [0.5, 0.6) is 0 Å². The Bertz CT molecular complexity index is 358. The third-order valence-electron chi connectivity index (χ3n) is 3.44. The topological polar surface area (TPSA) is 0 Å². The number of rotatable bonds is 2. The predicted molar refractivity (Wildman–Crippen MR) is 70.5 cm³/mol. The van der Waals surface area contributed by atoms with E-state index in [1.54, 1.807) is 22.3 Å². The summed E-state index contributed by atoms with van der Waals surface area (Å²) in [5, 5.41) is 0. The average molecular weight is 267 g/mol. The van der Waals surface area contributed by atoms with E-state index in [0.717, 1.165) is 0 Å². The van der Waals surface area contributed by atoms with Crippen LogP contribution in [0.4, 0.5) is 0 Å². The number of hydrogen-bond donors (Lipinski definition) is 0. The molecule has 0 bridgehead atoms. The molecule has 0 nitrogen and oxygen atoms in total. The molecule has 0 saturated carbocycles. The van der Waals surface area contributed by atoms with Crippen molar-refractivity contribution in [1.82, 2.24) is 0 Å². The van der Waals surface area contributed by atoms with Crippen LogP contribution in [0.1, 0.15) is 35.1 Å². The van der Waals surface area contributed by atoms with Crippen molar-refractivity contribution in [1.29, 1.82) is 0 Å². The summed E-state index contributed by atoms with van der Waals surface area (Å²) in [5.41, 5.74) is 6.70. The second-order valence-electron chi connectivity index (χ2n) is 6.25. The molecule has 2 heteroatoms. The summed E-state index contributed by atoms with van der Waals surface area (Å²) in [5.74, 6) is 0. The summed E-state index contributed by atoms with van der Waals surface area (Å²) in [7, 11) is -0.944. The van der Waals surface area contributed by atoms with Crippen LogP contribution in [0.15, 0.2) is 6.07 Å². The standard InChI is InChI=1S/C14H23Si.Ti/c1-11-9-12(10-15(2,3)4)14-8-6-5-7-13(11)14;/h9H,5-8,10H2,1-4H3;/q-1;+2. The fraction of sp³-hybridized carbons (Fsp3) is 0.643. The van der Waals surface area contributed by atoms with E-state index in [2.05, 4.69) is 32.6 Å². The van der Waals surface area contributed by atoms with Gasteiger partial charge in [-0.3, -0.25) is 0 Å². The van der Waals surface area contributed by atoms with E-state index < -0.39 is 8.07 Å². The van der Waals surface area contributed by atoms with Crippen LogP contribution < -0.4 is 0 Å². The van der Waals surface area contributed by atoms with Crippen LogP contribution in [-0.4, -0.2) is 8.07 Å². The molecule has 16 heavy (non-hydrogen) atoms. The van der Waals surface area contributed by atoms with Crippen LogP contribution in [0.3, 0.4) is 0 Å². The monoisotopic (exact) mass is 267 g/mol. The second kappa shape index (κ2) is 5.29. The summed E-state index contributed by atoms with van der Waals surface area (Å²) in [4.78, 5) is 0. The van der Waals surface area contributed by atoms with Crippen molar-refractivity contribution in [2.75, 3.05) is 0 Å². The van der Waals surface area contributed by atoms with Gasteiger partial charge in [-0.25, -0.2) is 0 Å². The van der Waals surface area contributed by atoms with Gasteiger partial charge in [0.25, 0.3) is 0 Å². The Hall–Kier alpha value is 0.281. The molecule has 2 rings (SSSR count). The van der Waals surface area contributed by atoms with Gasteiger partial charge in [0, 0.05) is 8.07 Å². The van der Waals surface area contributed by atoms with Gasteiger partial charge < -0.3 is 0 Å². The molecule has 1 aromatic rings. The molecule has 86 valence electrons. The number of fused-ring (bicyclic) bond motifs is 1. The van der Waals surface area contributed by atoms with Gasteiger partial charge in [0.2, 0.25) is 0 Å². The van der Waals surface area contributed by atoms with Gasteiger partial charge in [-0.1, -0.05) is 58.3 Å². The van der Waals surface area contributed by atoms with Crippen LogP contribution in [0.2, 0.25) is 19.6 Å². The van der Waals surface area contributed by atoms with Crippen molar-refractivity contribution < 1.29 is 21.7 Å². The Labute approximate surface area is 116 Å². The summed E-state index contributed by atoms with van der Waals surface area (Å²) in [6.45, 7) is 9.73. The van der Waals surface area contributed by atoms with Crippen molar-refractivity contribution >= 4 is 8.07 Å². The summed E-state index contributed by atoms with van der Waals surface area (Å²) >= 11 is 0. The quantitative estimate of drug-likeness (QED) is 0.561. The Morgan fingerprint density at radius 3 is 2.44 bits per heavy atom. The van der Waals surface area contributed by atoms with Crippen LogP contribution in [0, 0.1) is 6.92 Å². The maximum Gasteiger partial charge on any atom is 2.00 e. The van der Waals surface area contributed by atoms with Gasteiger partial charge in [0.05, 0.1) is 0 Å². The molecule has 0 N–H and O–H groups in total. The zero-order chi connectivity index (χ0) is 11.1. The molecule has 0 spiro atoms. The zero-order valence-electron chi connectivity index (χ0n) is 11.1. The molecule has 0 heterocycles. The molecule has 0 amide bonds. The molecule has 1 aliphatic carbocycles. The molecular weight excluding hydrogens is 244 g/mol. The van der Waals surface area contributed by atoms with Crippen molar-refractivity contribution in [3.8, 4) is 0 Å².